The van der Waals surface area contributed by atoms with E-state index in [4.69, 9.17) is 0 Å². The van der Waals surface area contributed by atoms with Gasteiger partial charge in [-0.15, -0.1) is 10.2 Å². The molecule has 1 N–H and O–H groups in total. The molecule has 0 aliphatic rings. The molecule has 0 bridgehead atoms. The maximum atomic E-state index is 12.3. The maximum Gasteiger partial charge on any atom is 0.255 e. The molecule has 1 amide bonds. The van der Waals surface area contributed by atoms with Gasteiger partial charge in [-0.2, -0.15) is 0 Å². The highest BCUT2D eigenvalue weighted by molar-refractivity contribution is 5.95. The van der Waals surface area contributed by atoms with E-state index >= 15 is 0 Å². The van der Waals surface area contributed by atoms with Gasteiger partial charge in [0.2, 0.25) is 0 Å². The van der Waals surface area contributed by atoms with Gasteiger partial charge in [-0.3, -0.25) is 4.79 Å². The summed E-state index contributed by atoms with van der Waals surface area (Å²) >= 11 is 0. The summed E-state index contributed by atoms with van der Waals surface area (Å²) in [5.41, 5.74) is 1.29. The molecular formula is C13H18N6O. The van der Waals surface area contributed by atoms with Gasteiger partial charge in [0, 0.05) is 13.2 Å². The molecule has 7 nitrogen and oxygen atoms in total. The molecule has 2 aromatic rings. The van der Waals surface area contributed by atoms with Crippen LogP contribution in [0.5, 0.6) is 0 Å². The Hall–Kier alpha value is -2.31. The molecule has 0 aliphatic heterocycles. The predicted octanol–water partition coefficient (Wildman–Crippen LogP) is 1.05. The highest BCUT2D eigenvalue weighted by atomic mass is 16.1. The average Bonchev–Trinajstić information content (AvgIpc) is 2.86. The minimum absolute atomic E-state index is 0.190. The highest BCUT2D eigenvalue weighted by Gasteiger charge is 2.18. The van der Waals surface area contributed by atoms with Gasteiger partial charge in [-0.1, -0.05) is 13.3 Å². The molecule has 2 aromatic heterocycles. The summed E-state index contributed by atoms with van der Waals surface area (Å²) in [5, 5.41) is 10.7. The zero-order valence-electron chi connectivity index (χ0n) is 11.9. The Morgan fingerprint density at radius 2 is 2.30 bits per heavy atom. The summed E-state index contributed by atoms with van der Waals surface area (Å²) in [6.07, 6.45) is 6.30. The lowest BCUT2D eigenvalue weighted by Gasteiger charge is -2.14. The second-order valence-corrected chi connectivity index (χ2v) is 4.63. The Morgan fingerprint density at radius 1 is 1.50 bits per heavy atom. The molecule has 1 unspecified atom stereocenters. The molecule has 7 heteroatoms. The fourth-order valence-electron chi connectivity index (χ4n) is 2.00. The molecule has 0 aromatic carbocycles. The van der Waals surface area contributed by atoms with E-state index in [-0.39, 0.29) is 11.9 Å². The van der Waals surface area contributed by atoms with E-state index in [1.807, 2.05) is 20.9 Å². The minimum atomic E-state index is -0.232. The summed E-state index contributed by atoms with van der Waals surface area (Å²) in [7, 11) is 1.84. The largest absolute Gasteiger partial charge is 0.342 e. The van der Waals surface area contributed by atoms with Gasteiger partial charge in [0.25, 0.3) is 5.91 Å². The van der Waals surface area contributed by atoms with Crippen molar-refractivity contribution in [3.05, 3.63) is 35.9 Å². The fraction of sp³-hybridized carbons (Fsp3) is 0.462. The first-order chi connectivity index (χ1) is 9.63. The van der Waals surface area contributed by atoms with Crippen LogP contribution in [0, 0.1) is 0 Å². The van der Waals surface area contributed by atoms with Gasteiger partial charge in [0.1, 0.15) is 12.7 Å². The first-order valence-corrected chi connectivity index (χ1v) is 6.57. The van der Waals surface area contributed by atoms with Crippen molar-refractivity contribution in [1.29, 1.82) is 0 Å². The molecule has 20 heavy (non-hydrogen) atoms. The molecule has 0 radical (unpaired) electrons. The van der Waals surface area contributed by atoms with E-state index < -0.39 is 0 Å². The van der Waals surface area contributed by atoms with Gasteiger partial charge in [-0.25, -0.2) is 9.97 Å². The van der Waals surface area contributed by atoms with E-state index in [0.29, 0.717) is 11.4 Å². The molecule has 106 valence electrons. The number of aryl methyl sites for hydroxylation is 2. The van der Waals surface area contributed by atoms with E-state index in [0.717, 1.165) is 18.5 Å². The van der Waals surface area contributed by atoms with Crippen molar-refractivity contribution in [2.24, 2.45) is 7.05 Å². The van der Waals surface area contributed by atoms with E-state index in [9.17, 15) is 4.79 Å². The first kappa shape index (κ1) is 14.1. The maximum absolute atomic E-state index is 12.3. The third kappa shape index (κ3) is 2.98. The van der Waals surface area contributed by atoms with E-state index in [1.165, 1.54) is 6.33 Å². The summed E-state index contributed by atoms with van der Waals surface area (Å²) in [6, 6.07) is -0.232. The number of nitrogens with zero attached hydrogens (tertiary/aromatic N) is 5. The molecule has 2 rings (SSSR count). The number of hydrogen-bond acceptors (Lipinski definition) is 5. The monoisotopic (exact) mass is 274 g/mol. The fourth-order valence-corrected chi connectivity index (χ4v) is 2.00. The van der Waals surface area contributed by atoms with Crippen molar-refractivity contribution in [3.63, 3.8) is 0 Å². The molecule has 0 saturated carbocycles. The zero-order valence-corrected chi connectivity index (χ0v) is 11.9. The molecule has 0 spiro atoms. The van der Waals surface area contributed by atoms with Crippen LogP contribution in [0.25, 0.3) is 0 Å². The SMILES string of the molecule is CCCc1ncncc1C(=O)NC(C)c1nncn1C. The van der Waals surface area contributed by atoms with Crippen LogP contribution in [0.15, 0.2) is 18.9 Å². The molecule has 0 aliphatic carbocycles. The lowest BCUT2D eigenvalue weighted by molar-refractivity contribution is 0.0936. The summed E-state index contributed by atoms with van der Waals surface area (Å²) in [5.74, 6) is 0.511. The predicted molar refractivity (Wildman–Crippen MR) is 72.9 cm³/mol. The number of nitrogens with one attached hydrogen (secondary N) is 1. The van der Waals surface area contributed by atoms with Crippen molar-refractivity contribution >= 4 is 5.91 Å². The molecule has 2 heterocycles. The summed E-state index contributed by atoms with van der Waals surface area (Å²) in [4.78, 5) is 20.4. The lowest BCUT2D eigenvalue weighted by atomic mass is 10.1. The van der Waals surface area contributed by atoms with Crippen molar-refractivity contribution < 1.29 is 4.79 Å². The third-order valence-corrected chi connectivity index (χ3v) is 3.01. The lowest BCUT2D eigenvalue weighted by Crippen LogP contribution is -2.29. The molecule has 0 saturated heterocycles. The van der Waals surface area contributed by atoms with Crippen LogP contribution < -0.4 is 5.32 Å². The van der Waals surface area contributed by atoms with Crippen LogP contribution in [-0.4, -0.2) is 30.6 Å². The van der Waals surface area contributed by atoms with Crippen LogP contribution in [0.2, 0.25) is 0 Å². The number of hydrogen-bond donors (Lipinski definition) is 1. The van der Waals surface area contributed by atoms with Crippen LogP contribution in [0.3, 0.4) is 0 Å². The Bertz CT molecular complexity index is 594. The molecule has 0 fully saturated rings. The average molecular weight is 274 g/mol. The number of carbonyl (C=O) groups excluding carboxylic acids is 1. The molecule has 1 atom stereocenters. The number of amides is 1. The van der Waals surface area contributed by atoms with Crippen LogP contribution in [0.4, 0.5) is 0 Å². The Kier molecular flexibility index (Phi) is 4.39. The van der Waals surface area contributed by atoms with Gasteiger partial charge in [0.05, 0.1) is 17.3 Å². The van der Waals surface area contributed by atoms with E-state index in [2.05, 4.69) is 25.5 Å². The number of carbonyl (C=O) groups is 1. The molecular weight excluding hydrogens is 256 g/mol. The van der Waals surface area contributed by atoms with Crippen molar-refractivity contribution in [2.45, 2.75) is 32.7 Å². The summed E-state index contributed by atoms with van der Waals surface area (Å²) in [6.45, 7) is 3.91. The van der Waals surface area contributed by atoms with Crippen molar-refractivity contribution in [2.75, 3.05) is 0 Å². The Morgan fingerprint density at radius 3 is 2.95 bits per heavy atom. The van der Waals surface area contributed by atoms with E-state index in [1.54, 1.807) is 17.1 Å². The van der Waals surface area contributed by atoms with Gasteiger partial charge in [-0.05, 0) is 13.3 Å². The number of rotatable bonds is 5. The van der Waals surface area contributed by atoms with Gasteiger partial charge < -0.3 is 9.88 Å². The third-order valence-electron chi connectivity index (χ3n) is 3.01. The van der Waals surface area contributed by atoms with Gasteiger partial charge in [0.15, 0.2) is 5.82 Å². The van der Waals surface area contributed by atoms with Crippen molar-refractivity contribution in [3.8, 4) is 0 Å². The van der Waals surface area contributed by atoms with Crippen LogP contribution in [-0.2, 0) is 13.5 Å². The topological polar surface area (TPSA) is 85.6 Å². The van der Waals surface area contributed by atoms with Crippen LogP contribution >= 0.6 is 0 Å². The second-order valence-electron chi connectivity index (χ2n) is 4.63. The Labute approximate surface area is 117 Å². The Balaban J connectivity index is 2.14. The number of aromatic nitrogens is 5. The normalized spacial score (nSPS) is 12.2. The van der Waals surface area contributed by atoms with Gasteiger partial charge >= 0.3 is 0 Å². The highest BCUT2D eigenvalue weighted by Crippen LogP contribution is 2.11. The smallest absolute Gasteiger partial charge is 0.255 e. The van der Waals surface area contributed by atoms with Crippen LogP contribution in [0.1, 0.15) is 48.2 Å². The quantitative estimate of drug-likeness (QED) is 0.880. The van der Waals surface area contributed by atoms with Crippen molar-refractivity contribution in [1.82, 2.24) is 30.0 Å². The second kappa shape index (κ2) is 6.23. The summed E-state index contributed by atoms with van der Waals surface area (Å²) < 4.78 is 1.78. The first-order valence-electron chi connectivity index (χ1n) is 6.57. The standard InChI is InChI=1S/C13H18N6O/c1-4-5-11-10(6-14-7-15-11)13(20)17-9(2)12-18-16-8-19(12)3/h6-9H,4-5H2,1-3H3,(H,17,20). The minimum Gasteiger partial charge on any atom is -0.342 e. The zero-order chi connectivity index (χ0) is 14.5.